The van der Waals surface area contributed by atoms with Crippen molar-refractivity contribution in [1.29, 1.82) is 0 Å². The Bertz CT molecular complexity index is 363. The Kier molecular flexibility index (Phi) is 4.31. The number of hydrogen-bond donors (Lipinski definition) is 2. The lowest BCUT2D eigenvalue weighted by Gasteiger charge is -2.17. The minimum Gasteiger partial charge on any atom is -0.491 e. The predicted octanol–water partition coefficient (Wildman–Crippen LogP) is 1.95. The van der Waals surface area contributed by atoms with Crippen LogP contribution in [0, 0.1) is 0 Å². The Morgan fingerprint density at radius 1 is 1.44 bits per heavy atom. The highest BCUT2D eigenvalue weighted by Gasteiger charge is 2.15. The van der Waals surface area contributed by atoms with Gasteiger partial charge >= 0.3 is 5.97 Å². The Morgan fingerprint density at radius 2 is 2.06 bits per heavy atom. The van der Waals surface area contributed by atoms with Crippen molar-refractivity contribution in [1.82, 2.24) is 0 Å². The van der Waals surface area contributed by atoms with Crippen molar-refractivity contribution < 1.29 is 14.6 Å². The fourth-order valence-corrected chi connectivity index (χ4v) is 1.45. The van der Waals surface area contributed by atoms with Gasteiger partial charge in [-0.15, -0.1) is 0 Å². The Balaban J connectivity index is 2.89. The first kappa shape index (κ1) is 12.5. The van der Waals surface area contributed by atoms with Crippen LogP contribution in [0.15, 0.2) is 24.3 Å². The van der Waals surface area contributed by atoms with Gasteiger partial charge in [0.25, 0.3) is 0 Å². The molecule has 1 unspecified atom stereocenters. The number of ether oxygens (including phenoxy) is 1. The smallest absolute Gasteiger partial charge is 0.305 e. The van der Waals surface area contributed by atoms with Gasteiger partial charge in [0.1, 0.15) is 5.75 Å². The van der Waals surface area contributed by atoms with Gasteiger partial charge in [-0.05, 0) is 19.9 Å². The Morgan fingerprint density at radius 3 is 2.62 bits per heavy atom. The summed E-state index contributed by atoms with van der Waals surface area (Å²) in [6.45, 7) is 3.83. The molecule has 0 bridgehead atoms. The second-order valence-electron chi connectivity index (χ2n) is 3.91. The lowest BCUT2D eigenvalue weighted by molar-refractivity contribution is -0.137. The molecule has 88 valence electrons. The van der Waals surface area contributed by atoms with Gasteiger partial charge in [-0.3, -0.25) is 4.79 Å². The molecule has 0 saturated heterocycles. The van der Waals surface area contributed by atoms with Crippen molar-refractivity contribution in [3.63, 3.8) is 0 Å². The third kappa shape index (κ3) is 3.55. The molecule has 0 saturated carbocycles. The van der Waals surface area contributed by atoms with Crippen LogP contribution in [-0.2, 0) is 4.79 Å². The molecule has 0 aliphatic heterocycles. The lowest BCUT2D eigenvalue weighted by Crippen LogP contribution is -2.17. The van der Waals surface area contributed by atoms with E-state index in [1.54, 1.807) is 12.1 Å². The van der Waals surface area contributed by atoms with E-state index >= 15 is 0 Å². The molecule has 1 aromatic carbocycles. The maximum absolute atomic E-state index is 10.6. The molecule has 3 N–H and O–H groups in total. The summed E-state index contributed by atoms with van der Waals surface area (Å²) in [7, 11) is 0. The molecule has 0 spiro atoms. The van der Waals surface area contributed by atoms with Crippen molar-refractivity contribution in [3.05, 3.63) is 29.8 Å². The first-order valence-corrected chi connectivity index (χ1v) is 5.23. The number of carboxylic acid groups (broad SMARTS) is 1. The number of benzene rings is 1. The van der Waals surface area contributed by atoms with Crippen LogP contribution in [-0.4, -0.2) is 17.2 Å². The summed E-state index contributed by atoms with van der Waals surface area (Å²) in [5, 5.41) is 8.70. The third-order valence-corrected chi connectivity index (χ3v) is 2.08. The molecular formula is C12H17NO3. The fraction of sp³-hybridized carbons (Fsp3) is 0.417. The van der Waals surface area contributed by atoms with Gasteiger partial charge in [0.15, 0.2) is 0 Å². The maximum Gasteiger partial charge on any atom is 0.305 e. The summed E-state index contributed by atoms with van der Waals surface area (Å²) in [6, 6.07) is 6.73. The first-order valence-electron chi connectivity index (χ1n) is 5.23. The minimum absolute atomic E-state index is 0.0400. The van der Waals surface area contributed by atoms with E-state index in [0.717, 1.165) is 5.56 Å². The molecule has 0 radical (unpaired) electrons. The van der Waals surface area contributed by atoms with Gasteiger partial charge < -0.3 is 15.6 Å². The summed E-state index contributed by atoms with van der Waals surface area (Å²) in [4.78, 5) is 10.6. The minimum atomic E-state index is -0.910. The lowest BCUT2D eigenvalue weighted by atomic mass is 10.0. The topological polar surface area (TPSA) is 72.5 Å². The van der Waals surface area contributed by atoms with E-state index in [1.165, 1.54) is 0 Å². The molecule has 1 atom stereocenters. The van der Waals surface area contributed by atoms with Gasteiger partial charge in [-0.25, -0.2) is 0 Å². The van der Waals surface area contributed by atoms with E-state index in [0.29, 0.717) is 5.75 Å². The van der Waals surface area contributed by atoms with Gasteiger partial charge in [0.05, 0.1) is 12.5 Å². The van der Waals surface area contributed by atoms with Gasteiger partial charge in [-0.2, -0.15) is 0 Å². The zero-order valence-electron chi connectivity index (χ0n) is 9.51. The number of carbonyl (C=O) groups is 1. The molecule has 0 aliphatic carbocycles. The molecule has 0 heterocycles. The van der Waals surface area contributed by atoms with Gasteiger partial charge in [0, 0.05) is 11.6 Å². The van der Waals surface area contributed by atoms with Crippen LogP contribution in [0.1, 0.15) is 31.9 Å². The molecular weight excluding hydrogens is 206 g/mol. The monoisotopic (exact) mass is 223 g/mol. The van der Waals surface area contributed by atoms with E-state index in [-0.39, 0.29) is 12.5 Å². The van der Waals surface area contributed by atoms with Gasteiger partial charge in [0.2, 0.25) is 0 Å². The molecule has 0 aromatic heterocycles. The number of hydrogen-bond acceptors (Lipinski definition) is 3. The highest BCUT2D eigenvalue weighted by atomic mass is 16.5. The van der Waals surface area contributed by atoms with E-state index in [1.807, 2.05) is 26.0 Å². The molecule has 1 rings (SSSR count). The number of carboxylic acids is 1. The normalized spacial score (nSPS) is 12.5. The highest BCUT2D eigenvalue weighted by molar-refractivity contribution is 5.68. The molecule has 4 nitrogen and oxygen atoms in total. The van der Waals surface area contributed by atoms with Crippen molar-refractivity contribution >= 4 is 5.97 Å². The molecule has 0 fully saturated rings. The quantitative estimate of drug-likeness (QED) is 0.800. The fourth-order valence-electron chi connectivity index (χ4n) is 1.45. The van der Waals surface area contributed by atoms with Crippen LogP contribution in [0.2, 0.25) is 0 Å². The molecule has 0 aliphatic rings. The largest absolute Gasteiger partial charge is 0.491 e. The van der Waals surface area contributed by atoms with Crippen molar-refractivity contribution in [2.75, 3.05) is 0 Å². The Hall–Kier alpha value is -1.55. The van der Waals surface area contributed by atoms with Crippen LogP contribution in [0.3, 0.4) is 0 Å². The SMILES string of the molecule is CC(C)Oc1ccccc1C(N)CC(=O)O. The first-order chi connectivity index (χ1) is 7.50. The van der Waals surface area contributed by atoms with E-state index in [9.17, 15) is 4.79 Å². The molecule has 4 heteroatoms. The summed E-state index contributed by atoms with van der Waals surface area (Å²) in [5.41, 5.74) is 6.55. The van der Waals surface area contributed by atoms with Crippen LogP contribution in [0.25, 0.3) is 0 Å². The average Bonchev–Trinajstić information content (AvgIpc) is 2.16. The molecule has 0 amide bonds. The number of nitrogens with two attached hydrogens (primary N) is 1. The summed E-state index contributed by atoms with van der Waals surface area (Å²) in [6.07, 6.45) is -0.0588. The average molecular weight is 223 g/mol. The van der Waals surface area contributed by atoms with Crippen molar-refractivity contribution in [2.24, 2.45) is 5.73 Å². The standard InChI is InChI=1S/C12H17NO3/c1-8(2)16-11-6-4-3-5-9(11)10(13)7-12(14)15/h3-6,8,10H,7,13H2,1-2H3,(H,14,15). The second-order valence-corrected chi connectivity index (χ2v) is 3.91. The third-order valence-electron chi connectivity index (χ3n) is 2.08. The van der Waals surface area contributed by atoms with Crippen LogP contribution >= 0.6 is 0 Å². The highest BCUT2D eigenvalue weighted by Crippen LogP contribution is 2.26. The van der Waals surface area contributed by atoms with E-state index < -0.39 is 12.0 Å². The predicted molar refractivity (Wildman–Crippen MR) is 61.4 cm³/mol. The van der Waals surface area contributed by atoms with Crippen LogP contribution < -0.4 is 10.5 Å². The van der Waals surface area contributed by atoms with Gasteiger partial charge in [-0.1, -0.05) is 18.2 Å². The zero-order chi connectivity index (χ0) is 12.1. The summed E-state index contributed by atoms with van der Waals surface area (Å²) < 4.78 is 5.58. The second kappa shape index (κ2) is 5.51. The molecule has 1 aromatic rings. The summed E-state index contributed by atoms with van der Waals surface area (Å²) >= 11 is 0. The number of aliphatic carboxylic acids is 1. The van der Waals surface area contributed by atoms with Crippen LogP contribution in [0.5, 0.6) is 5.75 Å². The van der Waals surface area contributed by atoms with E-state index in [4.69, 9.17) is 15.6 Å². The van der Waals surface area contributed by atoms with Crippen molar-refractivity contribution in [3.8, 4) is 5.75 Å². The van der Waals surface area contributed by atoms with Crippen molar-refractivity contribution in [2.45, 2.75) is 32.4 Å². The zero-order valence-corrected chi connectivity index (χ0v) is 9.51. The number of rotatable bonds is 5. The molecule has 16 heavy (non-hydrogen) atoms. The Labute approximate surface area is 95.0 Å². The number of para-hydroxylation sites is 1. The summed E-state index contributed by atoms with van der Waals surface area (Å²) in [5.74, 6) is -0.252. The van der Waals surface area contributed by atoms with Crippen LogP contribution in [0.4, 0.5) is 0 Å². The maximum atomic E-state index is 10.6. The van der Waals surface area contributed by atoms with E-state index in [2.05, 4.69) is 0 Å².